The van der Waals surface area contributed by atoms with Gasteiger partial charge in [0, 0.05) is 16.6 Å². The summed E-state index contributed by atoms with van der Waals surface area (Å²) in [4.78, 5) is 3.67. The SMILES string of the molecule is CCOc1ccc(-c2[nH]c3cc(C)cc(C)c3c2CCCCN)cc1. The lowest BCUT2D eigenvalue weighted by Crippen LogP contribution is -1.99. The highest BCUT2D eigenvalue weighted by Crippen LogP contribution is 2.34. The molecule has 3 rings (SSSR count). The van der Waals surface area contributed by atoms with Crippen LogP contribution in [0.5, 0.6) is 5.75 Å². The van der Waals surface area contributed by atoms with Crippen molar-refractivity contribution in [2.75, 3.05) is 13.2 Å². The van der Waals surface area contributed by atoms with Crippen molar-refractivity contribution in [2.45, 2.75) is 40.0 Å². The van der Waals surface area contributed by atoms with Gasteiger partial charge in [-0.05, 0) is 99.2 Å². The monoisotopic (exact) mass is 336 g/mol. The molecule has 2 aromatic carbocycles. The van der Waals surface area contributed by atoms with Gasteiger partial charge in [0.05, 0.1) is 6.61 Å². The summed E-state index contributed by atoms with van der Waals surface area (Å²) in [5.74, 6) is 0.916. The molecule has 0 radical (unpaired) electrons. The molecule has 3 aromatic rings. The number of nitrogens with one attached hydrogen (secondary N) is 1. The molecule has 0 aliphatic heterocycles. The Morgan fingerprint density at radius 2 is 1.80 bits per heavy atom. The summed E-state index contributed by atoms with van der Waals surface area (Å²) in [7, 11) is 0. The normalized spacial score (nSPS) is 11.2. The first kappa shape index (κ1) is 17.6. The van der Waals surface area contributed by atoms with Crippen LogP contribution in [0.15, 0.2) is 36.4 Å². The molecule has 132 valence electrons. The van der Waals surface area contributed by atoms with E-state index in [1.165, 1.54) is 38.9 Å². The number of hydrogen-bond acceptors (Lipinski definition) is 2. The fraction of sp³-hybridized carbons (Fsp3) is 0.364. The molecule has 3 heteroatoms. The Balaban J connectivity index is 2.08. The predicted octanol–water partition coefficient (Wildman–Crippen LogP) is 5.13. The van der Waals surface area contributed by atoms with Crippen LogP contribution < -0.4 is 10.5 Å². The highest BCUT2D eigenvalue weighted by atomic mass is 16.5. The Morgan fingerprint density at radius 3 is 2.48 bits per heavy atom. The minimum Gasteiger partial charge on any atom is -0.494 e. The van der Waals surface area contributed by atoms with Crippen molar-refractivity contribution in [3.8, 4) is 17.0 Å². The van der Waals surface area contributed by atoms with E-state index in [0.29, 0.717) is 6.61 Å². The number of aromatic amines is 1. The third-order valence-electron chi connectivity index (χ3n) is 4.68. The Labute approximate surface area is 150 Å². The van der Waals surface area contributed by atoms with Gasteiger partial charge < -0.3 is 15.5 Å². The Kier molecular flexibility index (Phi) is 5.44. The average molecular weight is 336 g/mol. The van der Waals surface area contributed by atoms with Crippen LogP contribution in [0.4, 0.5) is 0 Å². The third-order valence-corrected chi connectivity index (χ3v) is 4.68. The molecule has 0 bridgehead atoms. The molecule has 3 N–H and O–H groups in total. The summed E-state index contributed by atoms with van der Waals surface area (Å²) in [6.07, 6.45) is 3.21. The van der Waals surface area contributed by atoms with E-state index in [1.807, 2.05) is 19.1 Å². The molecule has 0 atom stereocenters. The number of benzene rings is 2. The number of ether oxygens (including phenoxy) is 1. The molecular weight excluding hydrogens is 308 g/mol. The van der Waals surface area contributed by atoms with Crippen LogP contribution in [0, 0.1) is 13.8 Å². The van der Waals surface area contributed by atoms with Crippen LogP contribution >= 0.6 is 0 Å². The van der Waals surface area contributed by atoms with Crippen LogP contribution in [0.25, 0.3) is 22.2 Å². The van der Waals surface area contributed by atoms with Gasteiger partial charge in [0.25, 0.3) is 0 Å². The summed E-state index contributed by atoms with van der Waals surface area (Å²) < 4.78 is 5.58. The molecule has 0 fully saturated rings. The van der Waals surface area contributed by atoms with E-state index < -0.39 is 0 Å². The summed E-state index contributed by atoms with van der Waals surface area (Å²) in [5, 5.41) is 1.37. The van der Waals surface area contributed by atoms with E-state index in [0.717, 1.165) is 31.6 Å². The van der Waals surface area contributed by atoms with E-state index in [9.17, 15) is 0 Å². The maximum absolute atomic E-state index is 5.70. The molecule has 0 aliphatic rings. The van der Waals surface area contributed by atoms with Gasteiger partial charge in [-0.1, -0.05) is 6.07 Å². The second kappa shape index (κ2) is 7.75. The minimum atomic E-state index is 0.689. The fourth-order valence-electron chi connectivity index (χ4n) is 3.63. The number of fused-ring (bicyclic) bond motifs is 1. The highest BCUT2D eigenvalue weighted by molar-refractivity contribution is 5.93. The zero-order valence-electron chi connectivity index (χ0n) is 15.5. The van der Waals surface area contributed by atoms with Crippen LogP contribution in [0.3, 0.4) is 0 Å². The molecule has 0 spiro atoms. The zero-order valence-corrected chi connectivity index (χ0v) is 15.5. The Morgan fingerprint density at radius 1 is 1.04 bits per heavy atom. The van der Waals surface area contributed by atoms with Crippen molar-refractivity contribution in [3.05, 3.63) is 53.1 Å². The van der Waals surface area contributed by atoms with Gasteiger partial charge in [0.15, 0.2) is 0 Å². The summed E-state index contributed by atoms with van der Waals surface area (Å²) in [6.45, 7) is 7.80. The van der Waals surface area contributed by atoms with Gasteiger partial charge in [-0.25, -0.2) is 0 Å². The van der Waals surface area contributed by atoms with Gasteiger partial charge in [0.1, 0.15) is 5.75 Å². The van der Waals surface area contributed by atoms with Crippen molar-refractivity contribution >= 4 is 10.9 Å². The molecule has 0 aliphatic carbocycles. The fourth-order valence-corrected chi connectivity index (χ4v) is 3.63. The molecule has 1 heterocycles. The number of aryl methyl sites for hydroxylation is 3. The van der Waals surface area contributed by atoms with Crippen molar-refractivity contribution < 1.29 is 4.74 Å². The summed E-state index contributed by atoms with van der Waals surface area (Å²) in [6, 6.07) is 12.9. The number of unbranched alkanes of at least 4 members (excludes halogenated alkanes) is 1. The van der Waals surface area contributed by atoms with Crippen molar-refractivity contribution in [3.63, 3.8) is 0 Å². The van der Waals surface area contributed by atoms with Crippen LogP contribution in [-0.4, -0.2) is 18.1 Å². The first-order valence-corrected chi connectivity index (χ1v) is 9.19. The number of aromatic nitrogens is 1. The molecule has 0 saturated heterocycles. The lowest BCUT2D eigenvalue weighted by Gasteiger charge is -2.08. The van der Waals surface area contributed by atoms with E-state index in [2.05, 4.69) is 43.1 Å². The van der Waals surface area contributed by atoms with Gasteiger partial charge in [-0.15, -0.1) is 0 Å². The third kappa shape index (κ3) is 3.72. The lowest BCUT2D eigenvalue weighted by molar-refractivity contribution is 0.340. The number of rotatable bonds is 7. The number of nitrogens with two attached hydrogens (primary N) is 1. The maximum atomic E-state index is 5.70. The number of hydrogen-bond donors (Lipinski definition) is 2. The molecular formula is C22H28N2O. The van der Waals surface area contributed by atoms with Crippen molar-refractivity contribution in [2.24, 2.45) is 5.73 Å². The summed E-state index contributed by atoms with van der Waals surface area (Å²) >= 11 is 0. The first-order chi connectivity index (χ1) is 12.1. The predicted molar refractivity (Wildman–Crippen MR) is 106 cm³/mol. The van der Waals surface area contributed by atoms with E-state index in [4.69, 9.17) is 10.5 Å². The topological polar surface area (TPSA) is 51.0 Å². The Bertz CT molecular complexity index is 847. The second-order valence-corrected chi connectivity index (χ2v) is 6.69. The van der Waals surface area contributed by atoms with E-state index in [-0.39, 0.29) is 0 Å². The van der Waals surface area contributed by atoms with Crippen LogP contribution in [0.2, 0.25) is 0 Å². The van der Waals surface area contributed by atoms with Crippen molar-refractivity contribution in [1.29, 1.82) is 0 Å². The standard InChI is InChI=1S/C22H28N2O/c1-4-25-18-10-8-17(9-11-18)22-19(7-5-6-12-23)21-16(3)13-15(2)14-20(21)24-22/h8-11,13-14,24H,4-7,12,23H2,1-3H3. The molecule has 25 heavy (non-hydrogen) atoms. The van der Waals surface area contributed by atoms with Crippen LogP contribution in [0.1, 0.15) is 36.5 Å². The molecule has 0 amide bonds. The van der Waals surface area contributed by atoms with E-state index in [1.54, 1.807) is 0 Å². The van der Waals surface area contributed by atoms with Gasteiger partial charge >= 0.3 is 0 Å². The van der Waals surface area contributed by atoms with Crippen molar-refractivity contribution in [1.82, 2.24) is 4.98 Å². The smallest absolute Gasteiger partial charge is 0.119 e. The van der Waals surface area contributed by atoms with Crippen LogP contribution in [-0.2, 0) is 6.42 Å². The molecule has 0 unspecified atom stereocenters. The Hall–Kier alpha value is -2.26. The number of H-pyrrole nitrogens is 1. The molecule has 1 aromatic heterocycles. The summed E-state index contributed by atoms with van der Waals surface area (Å²) in [5.41, 5.74) is 13.4. The molecule has 3 nitrogen and oxygen atoms in total. The second-order valence-electron chi connectivity index (χ2n) is 6.69. The maximum Gasteiger partial charge on any atom is 0.119 e. The lowest BCUT2D eigenvalue weighted by atomic mass is 9.97. The minimum absolute atomic E-state index is 0.689. The van der Waals surface area contributed by atoms with E-state index >= 15 is 0 Å². The first-order valence-electron chi connectivity index (χ1n) is 9.19. The average Bonchev–Trinajstić information content (AvgIpc) is 2.95. The quantitative estimate of drug-likeness (QED) is 0.588. The zero-order chi connectivity index (χ0) is 17.8. The van der Waals surface area contributed by atoms with Gasteiger partial charge in [-0.3, -0.25) is 0 Å². The van der Waals surface area contributed by atoms with Gasteiger partial charge in [-0.2, -0.15) is 0 Å². The largest absolute Gasteiger partial charge is 0.494 e. The van der Waals surface area contributed by atoms with Gasteiger partial charge in [0.2, 0.25) is 0 Å². The molecule has 0 saturated carbocycles. The highest BCUT2D eigenvalue weighted by Gasteiger charge is 2.15.